The third kappa shape index (κ3) is 5.13. The Kier molecular flexibility index (Phi) is 6.71. The number of phenolic OH excluding ortho intramolecular Hbond substituents is 1. The summed E-state index contributed by atoms with van der Waals surface area (Å²) < 4.78 is 27.9. The van der Waals surface area contributed by atoms with Gasteiger partial charge >= 0.3 is 0 Å². The summed E-state index contributed by atoms with van der Waals surface area (Å²) in [6.07, 6.45) is 8.44. The van der Waals surface area contributed by atoms with Crippen molar-refractivity contribution < 1.29 is 13.9 Å². The van der Waals surface area contributed by atoms with Crippen molar-refractivity contribution in [3.8, 4) is 5.75 Å². The Labute approximate surface area is 220 Å². The second kappa shape index (κ2) is 9.87. The SMILES string of the molecule is CN1CCC2(CC1)CCN(c1ccc([C@@H]3c4ccc(O)cc4CCC3C3CCC(F)(F)CC3)cc1)CC2. The number of benzene rings is 2. The Morgan fingerprint density at radius 3 is 2.14 bits per heavy atom. The van der Waals surface area contributed by atoms with E-state index in [4.69, 9.17) is 0 Å². The Morgan fingerprint density at radius 1 is 0.811 bits per heavy atom. The molecule has 6 rings (SSSR count). The molecule has 1 unspecified atom stereocenters. The van der Waals surface area contributed by atoms with Gasteiger partial charge in [0.2, 0.25) is 5.92 Å². The molecule has 2 aromatic carbocycles. The molecule has 200 valence electrons. The monoisotopic (exact) mass is 508 g/mol. The lowest BCUT2D eigenvalue weighted by Crippen LogP contribution is -2.46. The highest BCUT2D eigenvalue weighted by molar-refractivity contribution is 5.51. The maximum atomic E-state index is 14.0. The molecule has 2 atom stereocenters. The van der Waals surface area contributed by atoms with Crippen molar-refractivity contribution in [1.29, 1.82) is 0 Å². The molecule has 1 spiro atoms. The van der Waals surface area contributed by atoms with E-state index in [1.807, 2.05) is 6.07 Å². The van der Waals surface area contributed by atoms with Crippen LogP contribution in [0.5, 0.6) is 5.75 Å². The molecule has 4 aliphatic rings. The topological polar surface area (TPSA) is 26.7 Å². The molecule has 2 aliphatic carbocycles. The number of fused-ring (bicyclic) bond motifs is 1. The molecule has 0 amide bonds. The van der Waals surface area contributed by atoms with Gasteiger partial charge in [-0.2, -0.15) is 0 Å². The van der Waals surface area contributed by atoms with Crippen molar-refractivity contribution in [2.45, 2.75) is 76.0 Å². The number of hydrogen-bond donors (Lipinski definition) is 1. The van der Waals surface area contributed by atoms with Gasteiger partial charge in [-0.1, -0.05) is 18.2 Å². The Morgan fingerprint density at radius 2 is 1.46 bits per heavy atom. The number of nitrogens with zero attached hydrogens (tertiary/aromatic N) is 2. The van der Waals surface area contributed by atoms with Crippen LogP contribution < -0.4 is 4.90 Å². The molecule has 5 heteroatoms. The number of alkyl halides is 2. The first-order valence-electron chi connectivity index (χ1n) is 14.5. The van der Waals surface area contributed by atoms with Gasteiger partial charge in [0.15, 0.2) is 0 Å². The largest absolute Gasteiger partial charge is 0.508 e. The predicted octanol–water partition coefficient (Wildman–Crippen LogP) is 7.22. The zero-order valence-corrected chi connectivity index (χ0v) is 22.3. The Bertz CT molecular complexity index is 1070. The minimum absolute atomic E-state index is 0.0228. The molecule has 0 bridgehead atoms. The molecule has 2 heterocycles. The van der Waals surface area contributed by atoms with Crippen LogP contribution in [0.2, 0.25) is 0 Å². The third-order valence-electron chi connectivity index (χ3n) is 10.5. The highest BCUT2D eigenvalue weighted by Crippen LogP contribution is 2.50. The summed E-state index contributed by atoms with van der Waals surface area (Å²) in [6, 6.07) is 15.0. The van der Waals surface area contributed by atoms with Gasteiger partial charge in [-0.15, -0.1) is 0 Å². The highest BCUT2D eigenvalue weighted by Gasteiger charge is 2.42. The van der Waals surface area contributed by atoms with Crippen molar-refractivity contribution in [1.82, 2.24) is 4.90 Å². The van der Waals surface area contributed by atoms with Crippen LogP contribution in [0.3, 0.4) is 0 Å². The summed E-state index contributed by atoms with van der Waals surface area (Å²) in [5.41, 5.74) is 5.64. The predicted molar refractivity (Wildman–Crippen MR) is 146 cm³/mol. The molecule has 2 saturated heterocycles. The van der Waals surface area contributed by atoms with Crippen LogP contribution in [0.15, 0.2) is 42.5 Å². The smallest absolute Gasteiger partial charge is 0.248 e. The average molecular weight is 509 g/mol. The molecule has 1 N–H and O–H groups in total. The van der Waals surface area contributed by atoms with Gasteiger partial charge < -0.3 is 14.9 Å². The van der Waals surface area contributed by atoms with Crippen LogP contribution in [-0.2, 0) is 6.42 Å². The molecule has 2 aliphatic heterocycles. The average Bonchev–Trinajstić information content (AvgIpc) is 2.90. The van der Waals surface area contributed by atoms with E-state index >= 15 is 0 Å². The Hall–Kier alpha value is -2.14. The minimum atomic E-state index is -2.49. The second-order valence-electron chi connectivity index (χ2n) is 12.6. The highest BCUT2D eigenvalue weighted by atomic mass is 19.3. The quantitative estimate of drug-likeness (QED) is 0.474. The van der Waals surface area contributed by atoms with Crippen molar-refractivity contribution >= 4 is 5.69 Å². The van der Waals surface area contributed by atoms with Gasteiger partial charge in [0.05, 0.1) is 0 Å². The fourth-order valence-electron chi connectivity index (χ4n) is 7.98. The van der Waals surface area contributed by atoms with Gasteiger partial charge in [-0.3, -0.25) is 0 Å². The van der Waals surface area contributed by atoms with Crippen molar-refractivity contribution in [2.75, 3.05) is 38.1 Å². The normalized spacial score (nSPS) is 28.2. The number of hydrogen-bond acceptors (Lipinski definition) is 3. The zero-order valence-electron chi connectivity index (χ0n) is 22.3. The first-order chi connectivity index (χ1) is 17.8. The second-order valence-corrected chi connectivity index (χ2v) is 12.6. The number of halogens is 2. The van der Waals surface area contributed by atoms with E-state index in [1.54, 1.807) is 6.07 Å². The number of aromatic hydroxyl groups is 1. The van der Waals surface area contributed by atoms with E-state index in [-0.39, 0.29) is 18.8 Å². The van der Waals surface area contributed by atoms with Crippen LogP contribution in [0.4, 0.5) is 14.5 Å². The molecule has 1 saturated carbocycles. The molecule has 2 aromatic rings. The van der Waals surface area contributed by atoms with E-state index < -0.39 is 5.92 Å². The summed E-state index contributed by atoms with van der Waals surface area (Å²) in [4.78, 5) is 5.02. The van der Waals surface area contributed by atoms with E-state index in [9.17, 15) is 13.9 Å². The van der Waals surface area contributed by atoms with Gasteiger partial charge in [0, 0.05) is 37.5 Å². The third-order valence-corrected chi connectivity index (χ3v) is 10.5. The lowest BCUT2D eigenvalue weighted by atomic mass is 9.64. The van der Waals surface area contributed by atoms with Crippen molar-refractivity contribution in [3.05, 3.63) is 59.2 Å². The van der Waals surface area contributed by atoms with Gasteiger partial charge in [-0.25, -0.2) is 8.78 Å². The number of likely N-dealkylation sites (tertiary alicyclic amines) is 1. The summed E-state index contributed by atoms with van der Waals surface area (Å²) in [6.45, 7) is 4.73. The molecule has 3 fully saturated rings. The van der Waals surface area contributed by atoms with Gasteiger partial charge in [-0.05, 0) is 130 Å². The van der Waals surface area contributed by atoms with Crippen LogP contribution >= 0.6 is 0 Å². The lowest BCUT2D eigenvalue weighted by Gasteiger charge is -2.47. The first-order valence-corrected chi connectivity index (χ1v) is 14.5. The standard InChI is InChI=1S/C32H42F2N2O/c1-35-18-14-31(15-19-35)16-20-36(21-17-31)26-5-2-24(3-6-26)30-28(23-10-12-32(33,34)13-11-23)8-4-25-22-27(37)7-9-29(25)30/h2-3,5-7,9,22-23,28,30,37H,4,8,10-21H2,1H3/t28?,30-/m0/s1. The zero-order chi connectivity index (χ0) is 25.6. The molecular weight excluding hydrogens is 466 g/mol. The van der Waals surface area contributed by atoms with Crippen molar-refractivity contribution in [2.24, 2.45) is 17.3 Å². The van der Waals surface area contributed by atoms with E-state index in [0.29, 0.717) is 35.8 Å². The maximum absolute atomic E-state index is 14.0. The summed E-state index contributed by atoms with van der Waals surface area (Å²) >= 11 is 0. The summed E-state index contributed by atoms with van der Waals surface area (Å²) in [7, 11) is 2.24. The van der Waals surface area contributed by atoms with Crippen LogP contribution in [0, 0.1) is 17.3 Å². The van der Waals surface area contributed by atoms with Crippen molar-refractivity contribution in [3.63, 3.8) is 0 Å². The number of phenols is 1. The molecular formula is C32H42F2N2O. The van der Waals surface area contributed by atoms with E-state index in [2.05, 4.69) is 47.2 Å². The number of rotatable bonds is 3. The van der Waals surface area contributed by atoms with Gasteiger partial charge in [0.25, 0.3) is 0 Å². The molecule has 0 radical (unpaired) electrons. The lowest BCUT2D eigenvalue weighted by molar-refractivity contribution is -0.0539. The summed E-state index contributed by atoms with van der Waals surface area (Å²) in [5.74, 6) is -1.26. The van der Waals surface area contributed by atoms with E-state index in [0.717, 1.165) is 25.9 Å². The van der Waals surface area contributed by atoms with E-state index in [1.165, 1.54) is 61.2 Å². The number of piperidine rings is 2. The fourth-order valence-corrected chi connectivity index (χ4v) is 7.98. The molecule has 0 aromatic heterocycles. The van der Waals surface area contributed by atoms with Crippen LogP contribution in [0.25, 0.3) is 0 Å². The molecule has 37 heavy (non-hydrogen) atoms. The maximum Gasteiger partial charge on any atom is 0.248 e. The first kappa shape index (κ1) is 25.2. The number of anilines is 1. The van der Waals surface area contributed by atoms with Gasteiger partial charge in [0.1, 0.15) is 5.75 Å². The molecule has 3 nitrogen and oxygen atoms in total. The fraction of sp³-hybridized carbons (Fsp3) is 0.625. The Balaban J connectivity index is 1.21. The van der Waals surface area contributed by atoms with Crippen LogP contribution in [0.1, 0.15) is 80.4 Å². The number of aryl methyl sites for hydroxylation is 1. The van der Waals surface area contributed by atoms with Crippen LogP contribution in [-0.4, -0.2) is 49.2 Å². The minimum Gasteiger partial charge on any atom is -0.508 e. The summed E-state index contributed by atoms with van der Waals surface area (Å²) in [5, 5.41) is 10.1.